The first-order chi connectivity index (χ1) is 9.49. The van der Waals surface area contributed by atoms with Crippen LogP contribution >= 0.6 is 0 Å². The zero-order chi connectivity index (χ0) is 15.1. The Bertz CT molecular complexity index is 457. The van der Waals surface area contributed by atoms with Gasteiger partial charge in [0.05, 0.1) is 19.3 Å². The monoisotopic (exact) mass is 288 g/mol. The van der Waals surface area contributed by atoms with E-state index in [0.717, 1.165) is 12.1 Å². The van der Waals surface area contributed by atoms with Crippen LogP contribution in [0.3, 0.4) is 0 Å². The van der Waals surface area contributed by atoms with Crippen molar-refractivity contribution in [3.63, 3.8) is 0 Å². The number of ether oxygens (including phenoxy) is 2. The van der Waals surface area contributed by atoms with Gasteiger partial charge in [-0.3, -0.25) is 4.79 Å². The Labute approximate surface area is 116 Å². The molecule has 2 atom stereocenters. The average Bonchev–Trinajstić information content (AvgIpc) is 2.41. The highest BCUT2D eigenvalue weighted by molar-refractivity contribution is 5.82. The molecule has 112 valence electrons. The molecule has 0 spiro atoms. The van der Waals surface area contributed by atoms with Gasteiger partial charge in [-0.2, -0.15) is 0 Å². The summed E-state index contributed by atoms with van der Waals surface area (Å²) in [7, 11) is 2.86. The van der Waals surface area contributed by atoms with Gasteiger partial charge in [0, 0.05) is 14.2 Å². The molecule has 3 N–H and O–H groups in total. The third kappa shape index (κ3) is 4.52. The van der Waals surface area contributed by atoms with E-state index in [1.807, 2.05) is 0 Å². The summed E-state index contributed by atoms with van der Waals surface area (Å²) in [5.74, 6) is -2.40. The second-order valence-corrected chi connectivity index (χ2v) is 4.25. The quantitative estimate of drug-likeness (QED) is 0.776. The number of hydrogen-bond donors (Lipinski definition) is 2. The van der Waals surface area contributed by atoms with Gasteiger partial charge in [-0.15, -0.1) is 0 Å². The molecule has 1 aromatic rings. The lowest BCUT2D eigenvalue weighted by Crippen LogP contribution is -2.45. The number of carbonyl (C=O) groups excluding carboxylic acids is 1. The fourth-order valence-corrected chi connectivity index (χ4v) is 1.65. The molecule has 1 aromatic carbocycles. The molecule has 0 aliphatic carbocycles. The van der Waals surface area contributed by atoms with Gasteiger partial charge in [0.15, 0.2) is 11.6 Å². The number of amides is 1. The molecule has 0 aliphatic rings. The van der Waals surface area contributed by atoms with Crippen molar-refractivity contribution in [2.45, 2.75) is 12.1 Å². The van der Waals surface area contributed by atoms with Crippen LogP contribution in [0.25, 0.3) is 0 Å². The molecule has 0 saturated carbocycles. The van der Waals surface area contributed by atoms with E-state index in [-0.39, 0.29) is 13.2 Å². The standard InChI is InChI=1S/C13H18F2N2O3/c1-19-6-11(16)13(18)17-12(7-20-2)8-3-4-9(14)10(15)5-8/h3-5,11-12H,6-7,16H2,1-2H3,(H,17,18). The number of benzene rings is 1. The van der Waals surface area contributed by atoms with Crippen molar-refractivity contribution >= 4 is 5.91 Å². The number of methoxy groups -OCH3 is 2. The van der Waals surface area contributed by atoms with Crippen molar-refractivity contribution in [2.75, 3.05) is 27.4 Å². The second kappa shape index (κ2) is 7.88. The summed E-state index contributed by atoms with van der Waals surface area (Å²) in [5, 5.41) is 2.61. The lowest BCUT2D eigenvalue weighted by Gasteiger charge is -2.20. The minimum absolute atomic E-state index is 0.0588. The van der Waals surface area contributed by atoms with E-state index in [2.05, 4.69) is 5.32 Å². The number of rotatable bonds is 7. The molecule has 0 radical (unpaired) electrons. The maximum Gasteiger partial charge on any atom is 0.239 e. The van der Waals surface area contributed by atoms with Crippen molar-refractivity contribution in [1.29, 1.82) is 0 Å². The molecule has 1 rings (SSSR count). The van der Waals surface area contributed by atoms with Gasteiger partial charge in [-0.05, 0) is 17.7 Å². The number of carbonyl (C=O) groups is 1. The van der Waals surface area contributed by atoms with Crippen LogP contribution in [-0.4, -0.2) is 39.4 Å². The molecule has 7 heteroatoms. The van der Waals surface area contributed by atoms with Gasteiger partial charge in [-0.1, -0.05) is 6.07 Å². The second-order valence-electron chi connectivity index (χ2n) is 4.25. The van der Waals surface area contributed by atoms with Crippen molar-refractivity contribution in [3.05, 3.63) is 35.4 Å². The van der Waals surface area contributed by atoms with Gasteiger partial charge >= 0.3 is 0 Å². The molecule has 0 fully saturated rings. The lowest BCUT2D eigenvalue weighted by molar-refractivity contribution is -0.124. The summed E-state index contributed by atoms with van der Waals surface area (Å²) >= 11 is 0. The maximum absolute atomic E-state index is 13.2. The Morgan fingerprint density at radius 3 is 2.45 bits per heavy atom. The van der Waals surface area contributed by atoms with Crippen LogP contribution in [0.15, 0.2) is 18.2 Å². The van der Waals surface area contributed by atoms with E-state index in [9.17, 15) is 13.6 Å². The van der Waals surface area contributed by atoms with Gasteiger partial charge in [-0.25, -0.2) is 8.78 Å². The number of nitrogens with two attached hydrogens (primary N) is 1. The molecule has 0 bridgehead atoms. The van der Waals surface area contributed by atoms with Gasteiger partial charge in [0.2, 0.25) is 5.91 Å². The molecule has 5 nitrogen and oxygen atoms in total. The molecular formula is C13H18F2N2O3. The zero-order valence-corrected chi connectivity index (χ0v) is 11.4. The van der Waals surface area contributed by atoms with E-state index >= 15 is 0 Å². The van der Waals surface area contributed by atoms with Crippen molar-refractivity contribution in [2.24, 2.45) is 5.73 Å². The van der Waals surface area contributed by atoms with E-state index in [4.69, 9.17) is 15.2 Å². The molecule has 0 heterocycles. The highest BCUT2D eigenvalue weighted by Gasteiger charge is 2.20. The Kier molecular flexibility index (Phi) is 6.50. The highest BCUT2D eigenvalue weighted by Crippen LogP contribution is 2.17. The van der Waals surface area contributed by atoms with Crippen LogP contribution in [0, 0.1) is 11.6 Å². The first kappa shape index (κ1) is 16.5. The zero-order valence-electron chi connectivity index (χ0n) is 11.4. The predicted octanol–water partition coefficient (Wildman–Crippen LogP) is 0.742. The summed E-state index contributed by atoms with van der Waals surface area (Å²) in [6, 6.07) is 1.93. The summed E-state index contributed by atoms with van der Waals surface area (Å²) in [6.07, 6.45) is 0. The fourth-order valence-electron chi connectivity index (χ4n) is 1.65. The van der Waals surface area contributed by atoms with Gasteiger partial charge in [0.25, 0.3) is 0 Å². The van der Waals surface area contributed by atoms with Gasteiger partial charge in [0.1, 0.15) is 6.04 Å². The largest absolute Gasteiger partial charge is 0.383 e. The van der Waals surface area contributed by atoms with Crippen LogP contribution < -0.4 is 11.1 Å². The first-order valence-corrected chi connectivity index (χ1v) is 5.98. The highest BCUT2D eigenvalue weighted by atomic mass is 19.2. The van der Waals surface area contributed by atoms with E-state index in [0.29, 0.717) is 5.56 Å². The summed E-state index contributed by atoms with van der Waals surface area (Å²) in [6.45, 7) is 0.166. The van der Waals surface area contributed by atoms with Crippen molar-refractivity contribution in [3.8, 4) is 0 Å². The average molecular weight is 288 g/mol. The third-order valence-electron chi connectivity index (χ3n) is 2.68. The van der Waals surface area contributed by atoms with Crippen LogP contribution in [-0.2, 0) is 14.3 Å². The topological polar surface area (TPSA) is 73.6 Å². The SMILES string of the molecule is COCC(N)C(=O)NC(COC)c1ccc(F)c(F)c1. The molecule has 0 aromatic heterocycles. The maximum atomic E-state index is 13.2. The van der Waals surface area contributed by atoms with Crippen LogP contribution in [0.5, 0.6) is 0 Å². The van der Waals surface area contributed by atoms with E-state index in [1.165, 1.54) is 20.3 Å². The summed E-state index contributed by atoms with van der Waals surface area (Å²) in [5.41, 5.74) is 5.98. The molecule has 20 heavy (non-hydrogen) atoms. The Hall–Kier alpha value is -1.57. The van der Waals surface area contributed by atoms with Gasteiger partial charge < -0.3 is 20.5 Å². The Morgan fingerprint density at radius 1 is 1.25 bits per heavy atom. The summed E-state index contributed by atoms with van der Waals surface area (Å²) in [4.78, 5) is 11.8. The number of nitrogens with one attached hydrogen (secondary N) is 1. The lowest BCUT2D eigenvalue weighted by atomic mass is 10.1. The summed E-state index contributed by atoms with van der Waals surface area (Å²) < 4.78 is 35.9. The Morgan fingerprint density at radius 2 is 1.90 bits per heavy atom. The van der Waals surface area contributed by atoms with E-state index < -0.39 is 29.6 Å². The van der Waals surface area contributed by atoms with Crippen molar-refractivity contribution < 1.29 is 23.0 Å². The molecular weight excluding hydrogens is 270 g/mol. The minimum Gasteiger partial charge on any atom is -0.383 e. The predicted molar refractivity (Wildman–Crippen MR) is 69.0 cm³/mol. The molecule has 2 unspecified atom stereocenters. The first-order valence-electron chi connectivity index (χ1n) is 5.98. The van der Waals surface area contributed by atoms with Crippen LogP contribution in [0.2, 0.25) is 0 Å². The smallest absolute Gasteiger partial charge is 0.239 e. The van der Waals surface area contributed by atoms with Crippen LogP contribution in [0.4, 0.5) is 8.78 Å². The molecule has 1 amide bonds. The fraction of sp³-hybridized carbons (Fsp3) is 0.462. The number of halogens is 2. The van der Waals surface area contributed by atoms with E-state index in [1.54, 1.807) is 0 Å². The normalized spacial score (nSPS) is 13.8. The Balaban J connectivity index is 2.82. The third-order valence-corrected chi connectivity index (χ3v) is 2.68. The van der Waals surface area contributed by atoms with Crippen molar-refractivity contribution in [1.82, 2.24) is 5.32 Å². The molecule has 0 saturated heterocycles. The number of hydrogen-bond acceptors (Lipinski definition) is 4. The van der Waals surface area contributed by atoms with Crippen LogP contribution in [0.1, 0.15) is 11.6 Å². The molecule has 0 aliphatic heterocycles. The minimum atomic E-state index is -0.987.